The van der Waals surface area contributed by atoms with Crippen LogP contribution in [0.15, 0.2) is 57.7 Å². The molecule has 1 aromatic heterocycles. The average molecular weight is 379 g/mol. The Morgan fingerprint density at radius 1 is 1.14 bits per heavy atom. The summed E-state index contributed by atoms with van der Waals surface area (Å²) in [5.74, 6) is -0.276. The first-order valence-electron chi connectivity index (χ1n) is 9.32. The Morgan fingerprint density at radius 3 is 2.50 bits per heavy atom. The van der Waals surface area contributed by atoms with Crippen LogP contribution in [0.2, 0.25) is 0 Å². The van der Waals surface area contributed by atoms with Crippen molar-refractivity contribution in [3.8, 4) is 11.1 Å². The summed E-state index contributed by atoms with van der Waals surface area (Å²) in [6, 6.07) is 14.6. The molecule has 1 atom stereocenters. The van der Waals surface area contributed by atoms with E-state index in [0.717, 1.165) is 22.1 Å². The maximum Gasteiger partial charge on any atom is 0.336 e. The third-order valence-corrected chi connectivity index (χ3v) is 5.05. The Morgan fingerprint density at radius 2 is 1.86 bits per heavy atom. The van der Waals surface area contributed by atoms with Crippen molar-refractivity contribution in [2.24, 2.45) is 0 Å². The molecule has 1 unspecified atom stereocenters. The monoisotopic (exact) mass is 379 g/mol. The van der Waals surface area contributed by atoms with Crippen LogP contribution in [0.25, 0.3) is 22.1 Å². The summed E-state index contributed by atoms with van der Waals surface area (Å²) < 4.78 is 5.44. The van der Waals surface area contributed by atoms with E-state index in [4.69, 9.17) is 4.42 Å². The Bertz CT molecular complexity index is 1080. The fourth-order valence-electron chi connectivity index (χ4n) is 3.32. The molecular weight excluding hydrogens is 354 g/mol. The fourth-order valence-corrected chi connectivity index (χ4v) is 3.32. The van der Waals surface area contributed by atoms with Crippen molar-refractivity contribution in [2.75, 3.05) is 6.61 Å². The zero-order chi connectivity index (χ0) is 20.5. The van der Waals surface area contributed by atoms with Gasteiger partial charge < -0.3 is 14.8 Å². The van der Waals surface area contributed by atoms with E-state index in [1.165, 1.54) is 6.07 Å². The lowest BCUT2D eigenvalue weighted by Gasteiger charge is -2.28. The molecule has 0 saturated heterocycles. The molecule has 1 amide bonds. The van der Waals surface area contributed by atoms with E-state index in [9.17, 15) is 14.7 Å². The van der Waals surface area contributed by atoms with Crippen molar-refractivity contribution < 1.29 is 14.3 Å². The first-order chi connectivity index (χ1) is 13.3. The number of hydrogen-bond donors (Lipinski definition) is 2. The van der Waals surface area contributed by atoms with Gasteiger partial charge >= 0.3 is 5.63 Å². The van der Waals surface area contributed by atoms with Crippen LogP contribution in [0.4, 0.5) is 0 Å². The highest BCUT2D eigenvalue weighted by atomic mass is 16.4. The second-order valence-corrected chi connectivity index (χ2v) is 7.62. The molecule has 5 nitrogen and oxygen atoms in total. The number of aryl methyl sites for hydroxylation is 1. The Balaban J connectivity index is 2.19. The number of fused-ring (bicyclic) bond motifs is 1. The maximum absolute atomic E-state index is 12.7. The van der Waals surface area contributed by atoms with Crippen molar-refractivity contribution in [1.29, 1.82) is 0 Å². The summed E-state index contributed by atoms with van der Waals surface area (Å²) in [6.07, 6.45) is 0. The summed E-state index contributed by atoms with van der Waals surface area (Å²) in [6.45, 7) is 7.03. The summed E-state index contributed by atoms with van der Waals surface area (Å²) in [4.78, 5) is 24.9. The van der Waals surface area contributed by atoms with E-state index in [-0.39, 0.29) is 18.6 Å². The molecular formula is C23H25NO4. The smallest absolute Gasteiger partial charge is 0.336 e. The summed E-state index contributed by atoms with van der Waals surface area (Å²) in [5, 5.41) is 13.6. The summed E-state index contributed by atoms with van der Waals surface area (Å²) >= 11 is 0. The topological polar surface area (TPSA) is 79.5 Å². The van der Waals surface area contributed by atoms with Crippen LogP contribution < -0.4 is 10.9 Å². The molecule has 0 aliphatic carbocycles. The van der Waals surface area contributed by atoms with Crippen molar-refractivity contribution in [3.63, 3.8) is 0 Å². The summed E-state index contributed by atoms with van der Waals surface area (Å²) in [7, 11) is 0. The van der Waals surface area contributed by atoms with Gasteiger partial charge in [0.05, 0.1) is 12.0 Å². The average Bonchev–Trinajstić information content (AvgIpc) is 2.66. The van der Waals surface area contributed by atoms with Gasteiger partial charge in [-0.3, -0.25) is 4.79 Å². The van der Waals surface area contributed by atoms with Gasteiger partial charge in [0, 0.05) is 23.1 Å². The normalized spacial score (nSPS) is 13.5. The number of rotatable bonds is 5. The largest absolute Gasteiger partial charge is 0.423 e. The lowest BCUT2D eigenvalue weighted by atomic mass is 9.81. The van der Waals surface area contributed by atoms with E-state index in [1.54, 1.807) is 19.1 Å². The van der Waals surface area contributed by atoms with Crippen molar-refractivity contribution in [2.45, 2.75) is 39.2 Å². The first-order valence-corrected chi connectivity index (χ1v) is 9.32. The quantitative estimate of drug-likeness (QED) is 0.665. The number of carbonyl (C=O) groups is 1. The lowest BCUT2D eigenvalue weighted by Crippen LogP contribution is -2.47. The molecule has 0 aliphatic heterocycles. The SMILES string of the molecule is Cc1ccccc1-c1cc(=O)oc2cc(C(C)(CO)C(=O)NC(C)C)ccc12. The van der Waals surface area contributed by atoms with Gasteiger partial charge in [0.2, 0.25) is 5.91 Å². The number of benzene rings is 2. The van der Waals surface area contributed by atoms with Crippen molar-refractivity contribution in [1.82, 2.24) is 5.32 Å². The molecule has 2 N–H and O–H groups in total. The van der Waals surface area contributed by atoms with E-state index < -0.39 is 11.0 Å². The third-order valence-electron chi connectivity index (χ3n) is 5.05. The number of amides is 1. The number of aliphatic hydroxyl groups is 1. The van der Waals surface area contributed by atoms with Crippen LogP contribution in [0, 0.1) is 6.92 Å². The van der Waals surface area contributed by atoms with Crippen LogP contribution in [0.1, 0.15) is 31.9 Å². The highest BCUT2D eigenvalue weighted by Gasteiger charge is 2.35. The molecule has 3 rings (SSSR count). The molecule has 146 valence electrons. The minimum atomic E-state index is -1.14. The fraction of sp³-hybridized carbons (Fsp3) is 0.304. The van der Waals surface area contributed by atoms with Crippen LogP contribution in [-0.4, -0.2) is 23.7 Å². The molecule has 0 aliphatic rings. The molecule has 0 spiro atoms. The van der Waals surface area contributed by atoms with Crippen LogP contribution in [0.3, 0.4) is 0 Å². The molecule has 2 aromatic carbocycles. The zero-order valence-corrected chi connectivity index (χ0v) is 16.6. The Hall–Kier alpha value is -2.92. The number of nitrogens with one attached hydrogen (secondary N) is 1. The molecule has 0 bridgehead atoms. The van der Waals surface area contributed by atoms with Gasteiger partial charge in [0.15, 0.2) is 0 Å². The highest BCUT2D eigenvalue weighted by molar-refractivity contribution is 5.96. The Labute approximate surface area is 164 Å². The third kappa shape index (κ3) is 3.58. The second-order valence-electron chi connectivity index (χ2n) is 7.62. The molecule has 0 fully saturated rings. The van der Waals surface area contributed by atoms with Gasteiger partial charge in [-0.1, -0.05) is 36.4 Å². The van der Waals surface area contributed by atoms with Gasteiger partial charge in [-0.25, -0.2) is 4.79 Å². The molecule has 0 radical (unpaired) electrons. The predicted octanol–water partition coefficient (Wildman–Crippen LogP) is 3.54. The predicted molar refractivity (Wildman–Crippen MR) is 110 cm³/mol. The van der Waals surface area contributed by atoms with Gasteiger partial charge in [-0.2, -0.15) is 0 Å². The molecule has 5 heteroatoms. The molecule has 3 aromatic rings. The number of aliphatic hydroxyl groups excluding tert-OH is 1. The zero-order valence-electron chi connectivity index (χ0n) is 16.6. The Kier molecular flexibility index (Phi) is 5.38. The first kappa shape index (κ1) is 19.8. The molecule has 0 saturated carbocycles. The highest BCUT2D eigenvalue weighted by Crippen LogP contribution is 2.33. The lowest BCUT2D eigenvalue weighted by molar-refractivity contribution is -0.128. The minimum absolute atomic E-state index is 0.0515. The van der Waals surface area contributed by atoms with E-state index in [2.05, 4.69) is 5.32 Å². The second kappa shape index (κ2) is 7.60. The van der Waals surface area contributed by atoms with Gasteiger partial charge in [-0.05, 0) is 50.5 Å². The minimum Gasteiger partial charge on any atom is -0.423 e. The van der Waals surface area contributed by atoms with Crippen LogP contribution in [0.5, 0.6) is 0 Å². The van der Waals surface area contributed by atoms with Crippen LogP contribution >= 0.6 is 0 Å². The standard InChI is InChI=1S/C23H25NO4/c1-14(2)24-22(27)23(4,13-25)16-9-10-18-19(12-21(26)28-20(18)11-16)17-8-6-5-7-15(17)3/h5-12,14,25H,13H2,1-4H3,(H,24,27). The van der Waals surface area contributed by atoms with E-state index >= 15 is 0 Å². The van der Waals surface area contributed by atoms with Crippen LogP contribution in [-0.2, 0) is 10.2 Å². The van der Waals surface area contributed by atoms with Crippen molar-refractivity contribution >= 4 is 16.9 Å². The molecule has 1 heterocycles. The van der Waals surface area contributed by atoms with Gasteiger partial charge in [-0.15, -0.1) is 0 Å². The van der Waals surface area contributed by atoms with Gasteiger partial charge in [0.1, 0.15) is 5.58 Å². The van der Waals surface area contributed by atoms with Crippen molar-refractivity contribution in [3.05, 3.63) is 70.1 Å². The van der Waals surface area contributed by atoms with E-state index in [0.29, 0.717) is 11.1 Å². The maximum atomic E-state index is 12.7. The number of hydrogen-bond acceptors (Lipinski definition) is 4. The molecule has 28 heavy (non-hydrogen) atoms. The number of carbonyl (C=O) groups excluding carboxylic acids is 1. The van der Waals surface area contributed by atoms with E-state index in [1.807, 2.05) is 51.1 Å². The van der Waals surface area contributed by atoms with Gasteiger partial charge in [0.25, 0.3) is 0 Å². The summed E-state index contributed by atoms with van der Waals surface area (Å²) in [5.41, 5.74) is 2.17.